The van der Waals surface area contributed by atoms with Gasteiger partial charge in [-0.15, -0.1) is 11.3 Å². The van der Waals surface area contributed by atoms with Crippen LogP contribution in [-0.2, 0) is 27.2 Å². The van der Waals surface area contributed by atoms with Crippen LogP contribution in [-0.4, -0.2) is 25.0 Å². The first-order chi connectivity index (χ1) is 13.3. The van der Waals surface area contributed by atoms with Crippen molar-refractivity contribution in [3.63, 3.8) is 0 Å². The maximum absolute atomic E-state index is 13.0. The average molecular weight is 405 g/mol. The fourth-order valence-corrected chi connectivity index (χ4v) is 5.45. The number of anilines is 1. The molecule has 0 saturated heterocycles. The highest BCUT2D eigenvalue weighted by Gasteiger charge is 2.35. The van der Waals surface area contributed by atoms with Crippen molar-refractivity contribution in [3.8, 4) is 0 Å². The number of ether oxygens (including phenoxy) is 1. The molecular formula is C21H26NO5S-. The van der Waals surface area contributed by atoms with Crippen LogP contribution in [0.2, 0.25) is 0 Å². The lowest BCUT2D eigenvalue weighted by Gasteiger charge is -2.32. The number of carboxylic acids is 1. The Morgan fingerprint density at radius 1 is 1.04 bits per heavy atom. The number of methoxy groups -OCH3 is 1. The van der Waals surface area contributed by atoms with Crippen LogP contribution in [0.4, 0.5) is 5.00 Å². The third-order valence-corrected chi connectivity index (χ3v) is 7.16. The van der Waals surface area contributed by atoms with Crippen molar-refractivity contribution in [2.45, 2.75) is 58.8 Å². The van der Waals surface area contributed by atoms with E-state index >= 15 is 0 Å². The first-order valence-corrected chi connectivity index (χ1v) is 10.5. The summed E-state index contributed by atoms with van der Waals surface area (Å²) >= 11 is 1.41. The Labute approximate surface area is 169 Å². The Bertz CT molecular complexity index is 838. The number of hydrogen-bond donors (Lipinski definition) is 1. The van der Waals surface area contributed by atoms with E-state index in [0.717, 1.165) is 53.7 Å². The highest BCUT2D eigenvalue weighted by Crippen LogP contribution is 2.40. The van der Waals surface area contributed by atoms with Gasteiger partial charge >= 0.3 is 5.97 Å². The smallest absolute Gasteiger partial charge is 0.341 e. The van der Waals surface area contributed by atoms with Gasteiger partial charge in [0.25, 0.3) is 0 Å². The zero-order chi connectivity index (χ0) is 20.4. The topological polar surface area (TPSA) is 95.5 Å². The molecule has 0 aliphatic heterocycles. The molecule has 1 amide bonds. The highest BCUT2D eigenvalue weighted by atomic mass is 32.1. The number of aliphatic carboxylic acids is 1. The van der Waals surface area contributed by atoms with Crippen molar-refractivity contribution < 1.29 is 24.2 Å². The Morgan fingerprint density at radius 2 is 1.68 bits per heavy atom. The molecule has 1 heterocycles. The van der Waals surface area contributed by atoms with Crippen LogP contribution in [0, 0.1) is 11.8 Å². The SMILES string of the molecule is COC(=O)c1c(NC(=O)[C@@H]2CC(C)=C(C)C[C@H]2C(=O)[O-])sc2c1CCCCC2. The van der Waals surface area contributed by atoms with Crippen LogP contribution < -0.4 is 10.4 Å². The van der Waals surface area contributed by atoms with E-state index in [4.69, 9.17) is 4.74 Å². The van der Waals surface area contributed by atoms with E-state index in [2.05, 4.69) is 5.32 Å². The summed E-state index contributed by atoms with van der Waals surface area (Å²) in [4.78, 5) is 38.2. The van der Waals surface area contributed by atoms with Crippen molar-refractivity contribution in [2.75, 3.05) is 12.4 Å². The Kier molecular flexibility index (Phi) is 6.23. The maximum Gasteiger partial charge on any atom is 0.341 e. The molecule has 28 heavy (non-hydrogen) atoms. The molecule has 1 N–H and O–H groups in total. The summed E-state index contributed by atoms with van der Waals surface area (Å²) in [6.07, 6.45) is 5.54. The number of fused-ring (bicyclic) bond motifs is 1. The van der Waals surface area contributed by atoms with Gasteiger partial charge in [-0.05, 0) is 57.9 Å². The Hall–Kier alpha value is -2.15. The first kappa shape index (κ1) is 20.6. The Morgan fingerprint density at radius 3 is 2.32 bits per heavy atom. The van der Waals surface area contributed by atoms with Crippen LogP contribution in [0.25, 0.3) is 0 Å². The number of hydrogen-bond acceptors (Lipinski definition) is 6. The molecule has 0 fully saturated rings. The van der Waals surface area contributed by atoms with Gasteiger partial charge in [-0.3, -0.25) is 4.79 Å². The third kappa shape index (κ3) is 3.99. The molecule has 0 unspecified atom stereocenters. The van der Waals surface area contributed by atoms with Gasteiger partial charge in [0, 0.05) is 16.8 Å². The third-order valence-electron chi connectivity index (χ3n) is 5.95. The van der Waals surface area contributed by atoms with Gasteiger partial charge in [0.15, 0.2) is 0 Å². The lowest BCUT2D eigenvalue weighted by atomic mass is 9.76. The summed E-state index contributed by atoms with van der Waals surface area (Å²) in [5.41, 5.74) is 3.43. The largest absolute Gasteiger partial charge is 0.550 e. The minimum Gasteiger partial charge on any atom is -0.550 e. The summed E-state index contributed by atoms with van der Waals surface area (Å²) in [6, 6.07) is 0. The second-order valence-corrected chi connectivity index (χ2v) is 8.86. The molecule has 152 valence electrons. The fraction of sp³-hybridized carbons (Fsp3) is 0.571. The number of carboxylic acid groups (broad SMARTS) is 1. The Balaban J connectivity index is 1.91. The van der Waals surface area contributed by atoms with Crippen molar-refractivity contribution in [3.05, 3.63) is 27.2 Å². The predicted octanol–water partition coefficient (Wildman–Crippen LogP) is 2.85. The summed E-state index contributed by atoms with van der Waals surface area (Å²) in [6.45, 7) is 3.82. The van der Waals surface area contributed by atoms with E-state index in [0.29, 0.717) is 23.4 Å². The van der Waals surface area contributed by atoms with Gasteiger partial charge in [-0.1, -0.05) is 17.6 Å². The molecule has 2 atom stereocenters. The van der Waals surface area contributed by atoms with Gasteiger partial charge in [0.05, 0.1) is 18.6 Å². The number of esters is 1. The number of amides is 1. The second kappa shape index (κ2) is 8.47. The van der Waals surface area contributed by atoms with E-state index in [1.54, 1.807) is 0 Å². The van der Waals surface area contributed by atoms with Crippen molar-refractivity contribution in [2.24, 2.45) is 11.8 Å². The summed E-state index contributed by atoms with van der Waals surface area (Å²) in [5, 5.41) is 14.9. The predicted molar refractivity (Wildman–Crippen MR) is 105 cm³/mol. The van der Waals surface area contributed by atoms with Gasteiger partial charge < -0.3 is 20.0 Å². The zero-order valence-electron chi connectivity index (χ0n) is 16.6. The van der Waals surface area contributed by atoms with Crippen LogP contribution in [0.3, 0.4) is 0 Å². The lowest BCUT2D eigenvalue weighted by Crippen LogP contribution is -2.42. The number of aryl methyl sites for hydroxylation is 1. The van der Waals surface area contributed by atoms with Gasteiger partial charge in [-0.2, -0.15) is 0 Å². The average Bonchev–Trinajstić information content (AvgIpc) is 2.83. The van der Waals surface area contributed by atoms with Crippen molar-refractivity contribution >= 4 is 34.2 Å². The highest BCUT2D eigenvalue weighted by molar-refractivity contribution is 7.17. The van der Waals surface area contributed by atoms with Crippen LogP contribution in [0.5, 0.6) is 0 Å². The molecule has 1 aromatic rings. The van der Waals surface area contributed by atoms with Crippen molar-refractivity contribution in [1.82, 2.24) is 0 Å². The quantitative estimate of drug-likeness (QED) is 0.473. The summed E-state index contributed by atoms with van der Waals surface area (Å²) in [5.74, 6) is -3.60. The van der Waals surface area contributed by atoms with E-state index < -0.39 is 23.8 Å². The lowest BCUT2D eigenvalue weighted by molar-refractivity contribution is -0.313. The van der Waals surface area contributed by atoms with E-state index in [-0.39, 0.29) is 5.91 Å². The number of allylic oxidation sites excluding steroid dienone is 2. The monoisotopic (exact) mass is 404 g/mol. The standard InChI is InChI=1S/C21H27NO5S/c1-11-9-14(15(20(24)25)10-12(11)2)18(23)22-19-17(21(26)27-3)13-7-5-4-6-8-16(13)28-19/h14-15H,4-10H2,1-3H3,(H,22,23)(H,24,25)/p-1/t14-,15-/m1/s1. The second-order valence-electron chi connectivity index (χ2n) is 7.75. The number of nitrogens with one attached hydrogen (secondary N) is 1. The molecule has 1 aromatic heterocycles. The summed E-state index contributed by atoms with van der Waals surface area (Å²) in [7, 11) is 1.33. The minimum absolute atomic E-state index is 0.317. The zero-order valence-corrected chi connectivity index (χ0v) is 17.4. The molecule has 0 bridgehead atoms. The molecule has 0 radical (unpaired) electrons. The molecule has 0 spiro atoms. The number of thiophene rings is 1. The van der Waals surface area contributed by atoms with Crippen LogP contribution >= 0.6 is 11.3 Å². The van der Waals surface area contributed by atoms with E-state index in [9.17, 15) is 19.5 Å². The van der Waals surface area contributed by atoms with Gasteiger partial charge in [0.2, 0.25) is 5.91 Å². The number of carbonyl (C=O) groups excluding carboxylic acids is 3. The molecule has 0 saturated carbocycles. The number of carbonyl (C=O) groups is 3. The van der Waals surface area contributed by atoms with Crippen LogP contribution in [0.1, 0.15) is 66.8 Å². The van der Waals surface area contributed by atoms with Gasteiger partial charge in [0.1, 0.15) is 5.00 Å². The molecule has 2 aliphatic carbocycles. The molecule has 2 aliphatic rings. The molecule has 6 nitrogen and oxygen atoms in total. The van der Waals surface area contributed by atoms with Crippen LogP contribution in [0.15, 0.2) is 11.1 Å². The van der Waals surface area contributed by atoms with E-state index in [1.807, 2.05) is 13.8 Å². The fourth-order valence-electron chi connectivity index (χ4n) is 4.17. The van der Waals surface area contributed by atoms with Gasteiger partial charge in [-0.25, -0.2) is 4.79 Å². The molecule has 0 aromatic carbocycles. The van der Waals surface area contributed by atoms with Crippen molar-refractivity contribution in [1.29, 1.82) is 0 Å². The van der Waals surface area contributed by atoms with E-state index in [1.165, 1.54) is 18.4 Å². The molecular weight excluding hydrogens is 378 g/mol. The molecule has 7 heteroatoms. The normalized spacial score (nSPS) is 22.2. The summed E-state index contributed by atoms with van der Waals surface area (Å²) < 4.78 is 4.96. The maximum atomic E-state index is 13.0. The minimum atomic E-state index is -1.21. The number of rotatable bonds is 4. The first-order valence-electron chi connectivity index (χ1n) is 9.73. The molecule has 3 rings (SSSR count).